The number of rotatable bonds is 4. The predicted octanol–water partition coefficient (Wildman–Crippen LogP) is 2.70. The molecular weight excluding hydrogens is 321 g/mol. The average Bonchev–Trinajstić information content (AvgIpc) is 2.78. The maximum Gasteiger partial charge on any atom is 0.303 e. The number of carbonyl (C=O) groups is 1. The molecule has 5 nitrogen and oxygen atoms in total. The fourth-order valence-electron chi connectivity index (χ4n) is 1.43. The van der Waals surface area contributed by atoms with Crippen LogP contribution < -0.4 is 0 Å². The second kappa shape index (κ2) is 5.49. The van der Waals surface area contributed by atoms with E-state index in [4.69, 9.17) is 16.7 Å². The van der Waals surface area contributed by atoms with Gasteiger partial charge in [0.1, 0.15) is 0 Å². The van der Waals surface area contributed by atoms with Crippen LogP contribution in [-0.2, 0) is 11.2 Å². The highest BCUT2D eigenvalue weighted by atomic mass is 79.9. The maximum absolute atomic E-state index is 10.5. The summed E-state index contributed by atoms with van der Waals surface area (Å²) in [6.07, 6.45) is 2.06. The lowest BCUT2D eigenvalue weighted by atomic mass is 10.2. The standard InChI is InChI=1S/C11H9BrClN3O2/c12-7-1-3-9(13)10(5-7)16-6-8(14-15-16)2-4-11(17)18/h1,3,5-6H,2,4H2,(H,17,18). The van der Waals surface area contributed by atoms with E-state index >= 15 is 0 Å². The third kappa shape index (κ3) is 3.08. The van der Waals surface area contributed by atoms with Crippen molar-refractivity contribution < 1.29 is 9.90 Å². The molecule has 0 aliphatic rings. The molecule has 1 aromatic carbocycles. The van der Waals surface area contributed by atoms with Crippen molar-refractivity contribution in [3.63, 3.8) is 0 Å². The first-order valence-electron chi connectivity index (χ1n) is 5.14. The summed E-state index contributed by atoms with van der Waals surface area (Å²) < 4.78 is 2.41. The third-order valence-electron chi connectivity index (χ3n) is 2.29. The largest absolute Gasteiger partial charge is 0.481 e. The Morgan fingerprint density at radius 2 is 2.28 bits per heavy atom. The lowest BCUT2D eigenvalue weighted by Gasteiger charge is -2.03. The zero-order valence-corrected chi connectivity index (χ0v) is 11.5. The van der Waals surface area contributed by atoms with Crippen molar-refractivity contribution in [2.75, 3.05) is 0 Å². The van der Waals surface area contributed by atoms with E-state index in [2.05, 4.69) is 26.2 Å². The summed E-state index contributed by atoms with van der Waals surface area (Å²) in [5.41, 5.74) is 1.31. The Labute approximate surface area is 117 Å². The van der Waals surface area contributed by atoms with Gasteiger partial charge in [-0.25, -0.2) is 4.68 Å². The van der Waals surface area contributed by atoms with Gasteiger partial charge >= 0.3 is 5.97 Å². The smallest absolute Gasteiger partial charge is 0.303 e. The molecule has 0 fully saturated rings. The molecule has 7 heteroatoms. The van der Waals surface area contributed by atoms with Crippen LogP contribution in [-0.4, -0.2) is 26.1 Å². The Hall–Kier alpha value is -1.40. The Balaban J connectivity index is 2.23. The fourth-order valence-corrected chi connectivity index (χ4v) is 1.98. The summed E-state index contributed by atoms with van der Waals surface area (Å²) in [5.74, 6) is -0.856. The van der Waals surface area contributed by atoms with Gasteiger partial charge in [0.25, 0.3) is 0 Å². The van der Waals surface area contributed by atoms with Gasteiger partial charge in [0, 0.05) is 10.9 Å². The minimum absolute atomic E-state index is 0.0326. The molecule has 1 N–H and O–H groups in total. The normalized spacial score (nSPS) is 10.6. The number of carboxylic acids is 1. The van der Waals surface area contributed by atoms with E-state index in [0.717, 1.165) is 4.47 Å². The van der Waals surface area contributed by atoms with Crippen LogP contribution in [0.4, 0.5) is 0 Å². The van der Waals surface area contributed by atoms with Crippen molar-refractivity contribution in [3.8, 4) is 5.69 Å². The minimum Gasteiger partial charge on any atom is -0.481 e. The highest BCUT2D eigenvalue weighted by Gasteiger charge is 2.08. The van der Waals surface area contributed by atoms with Gasteiger partial charge in [0.15, 0.2) is 0 Å². The lowest BCUT2D eigenvalue weighted by Crippen LogP contribution is -1.97. The Kier molecular flexibility index (Phi) is 3.98. The predicted molar refractivity (Wildman–Crippen MR) is 70.0 cm³/mol. The Morgan fingerprint density at radius 3 is 3.00 bits per heavy atom. The number of hydrogen-bond acceptors (Lipinski definition) is 3. The minimum atomic E-state index is -0.856. The highest BCUT2D eigenvalue weighted by molar-refractivity contribution is 9.10. The summed E-state index contributed by atoms with van der Waals surface area (Å²) in [6.45, 7) is 0. The number of aryl methyl sites for hydroxylation is 1. The van der Waals surface area contributed by atoms with E-state index in [9.17, 15) is 4.79 Å². The van der Waals surface area contributed by atoms with Crippen molar-refractivity contribution in [1.82, 2.24) is 15.0 Å². The molecule has 0 aliphatic carbocycles. The van der Waals surface area contributed by atoms with E-state index in [-0.39, 0.29) is 6.42 Å². The summed E-state index contributed by atoms with van der Waals surface area (Å²) in [4.78, 5) is 10.5. The second-order valence-electron chi connectivity index (χ2n) is 3.64. The number of nitrogens with zero attached hydrogens (tertiary/aromatic N) is 3. The molecule has 18 heavy (non-hydrogen) atoms. The zero-order valence-electron chi connectivity index (χ0n) is 9.18. The molecule has 0 radical (unpaired) electrons. The summed E-state index contributed by atoms with van der Waals surface area (Å²) >= 11 is 9.42. The van der Waals surface area contributed by atoms with E-state index in [1.54, 1.807) is 12.3 Å². The molecule has 2 rings (SSSR count). The first-order valence-corrected chi connectivity index (χ1v) is 6.32. The van der Waals surface area contributed by atoms with Gasteiger partial charge in [0.2, 0.25) is 0 Å². The van der Waals surface area contributed by atoms with E-state index in [1.807, 2.05) is 12.1 Å². The average molecular weight is 331 g/mol. The molecule has 0 spiro atoms. The molecule has 0 saturated heterocycles. The number of aromatic nitrogens is 3. The van der Waals surface area contributed by atoms with Crippen molar-refractivity contribution in [2.24, 2.45) is 0 Å². The number of halogens is 2. The van der Waals surface area contributed by atoms with Gasteiger partial charge in [0.05, 0.1) is 29.0 Å². The molecule has 1 heterocycles. The summed E-state index contributed by atoms with van der Waals surface area (Å²) in [7, 11) is 0. The van der Waals surface area contributed by atoms with E-state index < -0.39 is 5.97 Å². The van der Waals surface area contributed by atoms with Crippen LogP contribution in [0.2, 0.25) is 5.02 Å². The maximum atomic E-state index is 10.5. The molecule has 0 atom stereocenters. The van der Waals surface area contributed by atoms with Gasteiger partial charge in [-0.05, 0) is 18.2 Å². The van der Waals surface area contributed by atoms with Gasteiger partial charge in [-0.1, -0.05) is 32.7 Å². The van der Waals surface area contributed by atoms with Crippen molar-refractivity contribution in [3.05, 3.63) is 39.6 Å². The van der Waals surface area contributed by atoms with Crippen LogP contribution in [0.1, 0.15) is 12.1 Å². The molecule has 2 aromatic rings. The zero-order chi connectivity index (χ0) is 13.1. The number of benzene rings is 1. The first kappa shape index (κ1) is 13.0. The van der Waals surface area contributed by atoms with Crippen molar-refractivity contribution >= 4 is 33.5 Å². The molecule has 0 unspecified atom stereocenters. The van der Waals surface area contributed by atoms with Crippen molar-refractivity contribution in [2.45, 2.75) is 12.8 Å². The van der Waals surface area contributed by atoms with Crippen LogP contribution >= 0.6 is 27.5 Å². The molecule has 1 aromatic heterocycles. The number of carboxylic acid groups (broad SMARTS) is 1. The van der Waals surface area contributed by atoms with Crippen LogP contribution in [0.15, 0.2) is 28.9 Å². The SMILES string of the molecule is O=C(O)CCc1cn(-c2cc(Br)ccc2Cl)nn1. The topological polar surface area (TPSA) is 68.0 Å². The van der Waals surface area contributed by atoms with Gasteiger partial charge < -0.3 is 5.11 Å². The van der Waals surface area contributed by atoms with Gasteiger partial charge in [-0.3, -0.25) is 4.79 Å². The number of aliphatic carboxylic acids is 1. The summed E-state index contributed by atoms with van der Waals surface area (Å²) in [5, 5.41) is 17.0. The Bertz CT molecular complexity index is 585. The third-order valence-corrected chi connectivity index (χ3v) is 3.10. The quantitative estimate of drug-likeness (QED) is 0.936. The van der Waals surface area contributed by atoms with E-state index in [1.165, 1.54) is 4.68 Å². The van der Waals surface area contributed by atoms with E-state index in [0.29, 0.717) is 22.8 Å². The van der Waals surface area contributed by atoms with Gasteiger partial charge in [-0.2, -0.15) is 0 Å². The molecule has 0 aliphatic heterocycles. The summed E-state index contributed by atoms with van der Waals surface area (Å²) in [6, 6.07) is 5.39. The Morgan fingerprint density at radius 1 is 1.50 bits per heavy atom. The number of hydrogen-bond donors (Lipinski definition) is 1. The first-order chi connectivity index (χ1) is 8.56. The molecule has 0 saturated carbocycles. The van der Waals surface area contributed by atoms with Crippen LogP contribution in [0.3, 0.4) is 0 Å². The molecule has 94 valence electrons. The van der Waals surface area contributed by atoms with Crippen LogP contribution in [0.5, 0.6) is 0 Å². The van der Waals surface area contributed by atoms with Gasteiger partial charge in [-0.15, -0.1) is 5.10 Å². The fraction of sp³-hybridized carbons (Fsp3) is 0.182. The van der Waals surface area contributed by atoms with Crippen molar-refractivity contribution in [1.29, 1.82) is 0 Å². The molecule has 0 bridgehead atoms. The second-order valence-corrected chi connectivity index (χ2v) is 4.97. The molecular formula is C11H9BrClN3O2. The lowest BCUT2D eigenvalue weighted by molar-refractivity contribution is -0.136. The van der Waals surface area contributed by atoms with Crippen LogP contribution in [0.25, 0.3) is 5.69 Å². The van der Waals surface area contributed by atoms with Crippen LogP contribution in [0, 0.1) is 0 Å². The monoisotopic (exact) mass is 329 g/mol. The highest BCUT2D eigenvalue weighted by Crippen LogP contribution is 2.24. The molecule has 0 amide bonds.